The Morgan fingerprint density at radius 2 is 1.89 bits per heavy atom. The van der Waals surface area contributed by atoms with Crippen molar-refractivity contribution in [3.8, 4) is 0 Å². The molecule has 0 radical (unpaired) electrons. The van der Waals surface area contributed by atoms with Crippen molar-refractivity contribution in [1.29, 1.82) is 0 Å². The van der Waals surface area contributed by atoms with Gasteiger partial charge in [0.25, 0.3) is 0 Å². The highest BCUT2D eigenvalue weighted by Crippen LogP contribution is 2.27. The summed E-state index contributed by atoms with van der Waals surface area (Å²) in [5.74, 6) is -0.0359. The summed E-state index contributed by atoms with van der Waals surface area (Å²) in [6.45, 7) is 7.40. The van der Waals surface area contributed by atoms with E-state index in [1.165, 1.54) is 0 Å². The zero-order valence-electron chi connectivity index (χ0n) is 16.3. The number of nitrogens with zero attached hydrogens (tertiary/aromatic N) is 3. The molecule has 0 bridgehead atoms. The summed E-state index contributed by atoms with van der Waals surface area (Å²) in [7, 11) is 0. The van der Waals surface area contributed by atoms with E-state index < -0.39 is 0 Å². The molecule has 1 aromatic heterocycles. The minimum absolute atomic E-state index is 0.0119. The number of aryl methyl sites for hydroxylation is 1. The number of nitrogens with two attached hydrogens (primary N) is 1. The lowest BCUT2D eigenvalue weighted by atomic mass is 9.88. The lowest BCUT2D eigenvalue weighted by Gasteiger charge is -2.33. The molecule has 0 unspecified atom stereocenters. The number of piperidine rings is 1. The van der Waals surface area contributed by atoms with Crippen LogP contribution in [0.4, 0.5) is 5.82 Å². The summed E-state index contributed by atoms with van der Waals surface area (Å²) in [5.41, 5.74) is 7.26. The van der Waals surface area contributed by atoms with E-state index in [4.69, 9.17) is 5.73 Å². The van der Waals surface area contributed by atoms with E-state index in [0.29, 0.717) is 44.5 Å². The molecular weight excluding hydrogens is 344 g/mol. The standard InChI is InChI=1S/C20H28N4O3/c1-12(2)24-11-15(9-17(24)25)20(27)23-6-4-14(5-7-23)18(26)16-8-13(3)10-22-19(16)21/h8,10,12,14-15H,4-7,9,11H2,1-3H3,(H2,21,22)/t15-/m1/s1. The van der Waals surface area contributed by atoms with Gasteiger partial charge in [-0.1, -0.05) is 0 Å². The smallest absolute Gasteiger partial charge is 0.227 e. The normalized spacial score (nSPS) is 21.2. The van der Waals surface area contributed by atoms with Crippen molar-refractivity contribution in [3.63, 3.8) is 0 Å². The van der Waals surface area contributed by atoms with Gasteiger partial charge in [0.2, 0.25) is 11.8 Å². The number of pyridine rings is 1. The van der Waals surface area contributed by atoms with Gasteiger partial charge in [0, 0.05) is 44.2 Å². The number of anilines is 1. The number of hydrogen-bond acceptors (Lipinski definition) is 5. The van der Waals surface area contributed by atoms with Gasteiger partial charge in [0.15, 0.2) is 5.78 Å². The van der Waals surface area contributed by atoms with Gasteiger partial charge in [-0.15, -0.1) is 0 Å². The molecule has 2 saturated heterocycles. The molecule has 7 nitrogen and oxygen atoms in total. The molecular formula is C20H28N4O3. The number of rotatable bonds is 4. The molecule has 27 heavy (non-hydrogen) atoms. The van der Waals surface area contributed by atoms with Crippen LogP contribution < -0.4 is 5.73 Å². The Kier molecular flexibility index (Phi) is 5.48. The van der Waals surface area contributed by atoms with Crippen molar-refractivity contribution in [3.05, 3.63) is 23.4 Å². The van der Waals surface area contributed by atoms with Gasteiger partial charge < -0.3 is 15.5 Å². The summed E-state index contributed by atoms with van der Waals surface area (Å²) in [6.07, 6.45) is 3.18. The van der Waals surface area contributed by atoms with Crippen molar-refractivity contribution in [1.82, 2.24) is 14.8 Å². The molecule has 1 aromatic rings. The van der Waals surface area contributed by atoms with E-state index >= 15 is 0 Å². The maximum absolute atomic E-state index is 12.8. The molecule has 2 aliphatic rings. The van der Waals surface area contributed by atoms with Gasteiger partial charge in [-0.2, -0.15) is 0 Å². The average molecular weight is 372 g/mol. The van der Waals surface area contributed by atoms with Crippen LogP contribution in [-0.2, 0) is 9.59 Å². The third kappa shape index (κ3) is 3.96. The average Bonchev–Trinajstić information content (AvgIpc) is 3.04. The predicted octanol–water partition coefficient (Wildman–Crippen LogP) is 1.65. The number of aromatic nitrogens is 1. The Morgan fingerprint density at radius 3 is 2.48 bits per heavy atom. The number of carbonyl (C=O) groups is 3. The van der Waals surface area contributed by atoms with Gasteiger partial charge >= 0.3 is 0 Å². The van der Waals surface area contributed by atoms with Crippen LogP contribution in [-0.4, -0.2) is 58.1 Å². The molecule has 7 heteroatoms. The Hall–Kier alpha value is -2.44. The first-order chi connectivity index (χ1) is 12.8. The van der Waals surface area contributed by atoms with E-state index in [2.05, 4.69) is 4.98 Å². The number of amides is 2. The second kappa shape index (κ2) is 7.66. The molecule has 1 atom stereocenters. The second-order valence-corrected chi connectivity index (χ2v) is 7.95. The zero-order chi connectivity index (χ0) is 19.7. The fraction of sp³-hybridized carbons (Fsp3) is 0.600. The SMILES string of the molecule is Cc1cnc(N)c(C(=O)C2CCN(C(=O)[C@@H]3CC(=O)N(C(C)C)C3)CC2)c1. The van der Waals surface area contributed by atoms with Crippen molar-refractivity contribution < 1.29 is 14.4 Å². The highest BCUT2D eigenvalue weighted by atomic mass is 16.2. The lowest BCUT2D eigenvalue weighted by molar-refractivity contribution is -0.137. The molecule has 2 amide bonds. The first kappa shape index (κ1) is 19.3. The minimum Gasteiger partial charge on any atom is -0.383 e. The molecule has 3 heterocycles. The fourth-order valence-electron chi connectivity index (χ4n) is 4.01. The Morgan fingerprint density at radius 1 is 1.22 bits per heavy atom. The quantitative estimate of drug-likeness (QED) is 0.811. The van der Waals surface area contributed by atoms with E-state index in [9.17, 15) is 14.4 Å². The van der Waals surface area contributed by atoms with Gasteiger partial charge in [-0.3, -0.25) is 14.4 Å². The largest absolute Gasteiger partial charge is 0.383 e. The van der Waals surface area contributed by atoms with Crippen molar-refractivity contribution >= 4 is 23.4 Å². The molecule has 2 N–H and O–H groups in total. The van der Waals surface area contributed by atoms with Gasteiger partial charge in [0.1, 0.15) is 5.82 Å². The molecule has 2 fully saturated rings. The van der Waals surface area contributed by atoms with Gasteiger partial charge in [0.05, 0.1) is 11.5 Å². The third-order valence-electron chi connectivity index (χ3n) is 5.63. The summed E-state index contributed by atoms with van der Waals surface area (Å²) in [4.78, 5) is 45.3. The first-order valence-electron chi connectivity index (χ1n) is 9.62. The summed E-state index contributed by atoms with van der Waals surface area (Å²) < 4.78 is 0. The number of likely N-dealkylation sites (tertiary alicyclic amines) is 2. The number of nitrogen functional groups attached to an aromatic ring is 1. The molecule has 3 rings (SSSR count). The Bertz CT molecular complexity index is 754. The number of carbonyl (C=O) groups excluding carboxylic acids is 3. The van der Waals surface area contributed by atoms with Crippen molar-refractivity contribution in [2.24, 2.45) is 11.8 Å². The van der Waals surface area contributed by atoms with E-state index in [1.54, 1.807) is 17.2 Å². The van der Waals surface area contributed by atoms with Crippen LogP contribution in [0.1, 0.15) is 49.0 Å². The number of ketones is 1. The Labute approximate surface area is 159 Å². The van der Waals surface area contributed by atoms with Gasteiger partial charge in [-0.25, -0.2) is 4.98 Å². The zero-order valence-corrected chi connectivity index (χ0v) is 16.3. The van der Waals surface area contributed by atoms with E-state index in [0.717, 1.165) is 5.56 Å². The van der Waals surface area contributed by atoms with Crippen molar-refractivity contribution in [2.75, 3.05) is 25.4 Å². The summed E-state index contributed by atoms with van der Waals surface area (Å²) in [5, 5.41) is 0. The first-order valence-corrected chi connectivity index (χ1v) is 9.62. The summed E-state index contributed by atoms with van der Waals surface area (Å²) in [6, 6.07) is 1.90. The predicted molar refractivity (Wildman–Crippen MR) is 102 cm³/mol. The van der Waals surface area contributed by atoms with Crippen LogP contribution >= 0.6 is 0 Å². The maximum Gasteiger partial charge on any atom is 0.227 e. The van der Waals surface area contributed by atoms with Crippen LogP contribution in [0.5, 0.6) is 0 Å². The second-order valence-electron chi connectivity index (χ2n) is 7.95. The van der Waals surface area contributed by atoms with Crippen LogP contribution in [0.15, 0.2) is 12.3 Å². The monoisotopic (exact) mass is 372 g/mol. The number of Topliss-reactive ketones (excluding diaryl/α,β-unsaturated/α-hetero) is 1. The molecule has 2 aliphatic heterocycles. The molecule has 0 aliphatic carbocycles. The number of hydrogen-bond donors (Lipinski definition) is 1. The van der Waals surface area contributed by atoms with Gasteiger partial charge in [-0.05, 0) is 45.2 Å². The van der Waals surface area contributed by atoms with Crippen LogP contribution in [0.2, 0.25) is 0 Å². The highest BCUT2D eigenvalue weighted by molar-refractivity contribution is 6.01. The summed E-state index contributed by atoms with van der Waals surface area (Å²) >= 11 is 0. The van der Waals surface area contributed by atoms with Crippen LogP contribution in [0.3, 0.4) is 0 Å². The fourth-order valence-corrected chi connectivity index (χ4v) is 4.01. The van der Waals surface area contributed by atoms with E-state index in [-0.39, 0.29) is 41.3 Å². The van der Waals surface area contributed by atoms with Crippen molar-refractivity contribution in [2.45, 2.75) is 46.1 Å². The van der Waals surface area contributed by atoms with Crippen LogP contribution in [0.25, 0.3) is 0 Å². The van der Waals surface area contributed by atoms with Crippen LogP contribution in [0, 0.1) is 18.8 Å². The molecule has 0 saturated carbocycles. The molecule has 0 aromatic carbocycles. The highest BCUT2D eigenvalue weighted by Gasteiger charge is 2.39. The molecule has 0 spiro atoms. The van der Waals surface area contributed by atoms with E-state index in [1.807, 2.05) is 25.7 Å². The topological polar surface area (TPSA) is 96.6 Å². The lowest BCUT2D eigenvalue weighted by Crippen LogP contribution is -2.44. The Balaban J connectivity index is 1.59. The minimum atomic E-state index is -0.260. The third-order valence-corrected chi connectivity index (χ3v) is 5.63. The maximum atomic E-state index is 12.8. The molecule has 146 valence electrons.